The molecule has 2 nitrogen and oxygen atoms in total. The molecule has 0 radical (unpaired) electrons. The Morgan fingerprint density at radius 1 is 1.05 bits per heavy atom. The van der Waals surface area contributed by atoms with Crippen molar-refractivity contribution in [1.29, 1.82) is 0 Å². The summed E-state index contributed by atoms with van der Waals surface area (Å²) in [7, 11) is 0. The van der Waals surface area contributed by atoms with E-state index in [1.165, 1.54) is 12.1 Å². The number of halogens is 2. The molecule has 0 aliphatic rings. The van der Waals surface area contributed by atoms with Gasteiger partial charge < -0.3 is 0 Å². The first-order valence-corrected chi connectivity index (χ1v) is 6.48. The Morgan fingerprint density at radius 3 is 2.25 bits per heavy atom. The van der Waals surface area contributed by atoms with Crippen LogP contribution in [0, 0.1) is 25.5 Å². The predicted octanol–water partition coefficient (Wildman–Crippen LogP) is 3.33. The lowest BCUT2D eigenvalue weighted by Gasteiger charge is -2.18. The molecule has 1 unspecified atom stereocenters. The summed E-state index contributed by atoms with van der Waals surface area (Å²) >= 11 is 0. The van der Waals surface area contributed by atoms with Crippen LogP contribution in [0.25, 0.3) is 0 Å². The van der Waals surface area contributed by atoms with Crippen LogP contribution in [-0.2, 0) is 6.42 Å². The maximum atomic E-state index is 13.7. The fraction of sp³-hybridized carbons (Fsp3) is 0.250. The van der Waals surface area contributed by atoms with Gasteiger partial charge in [0, 0.05) is 6.07 Å². The summed E-state index contributed by atoms with van der Waals surface area (Å²) in [6.07, 6.45) is 0.367. The van der Waals surface area contributed by atoms with Crippen LogP contribution in [0.3, 0.4) is 0 Å². The second kappa shape index (κ2) is 6.11. The molecule has 2 rings (SSSR count). The Labute approximate surface area is 117 Å². The van der Waals surface area contributed by atoms with E-state index in [0.717, 1.165) is 22.8 Å². The highest BCUT2D eigenvalue weighted by atomic mass is 19.1. The molecular formula is C16H18F2N2. The minimum absolute atomic E-state index is 0.214. The van der Waals surface area contributed by atoms with Crippen molar-refractivity contribution < 1.29 is 8.78 Å². The summed E-state index contributed by atoms with van der Waals surface area (Å²) in [5, 5.41) is 0. The SMILES string of the molecule is Cc1cc(C)cc(C(Cc2ccc(F)cc2F)NN)c1. The fourth-order valence-electron chi connectivity index (χ4n) is 2.39. The summed E-state index contributed by atoms with van der Waals surface area (Å²) in [5.74, 6) is 4.47. The number of hydrazine groups is 1. The molecule has 0 heterocycles. The average Bonchev–Trinajstić information content (AvgIpc) is 2.36. The van der Waals surface area contributed by atoms with Gasteiger partial charge in [-0.2, -0.15) is 0 Å². The Balaban J connectivity index is 2.28. The monoisotopic (exact) mass is 276 g/mol. The van der Waals surface area contributed by atoms with Gasteiger partial charge in [-0.25, -0.2) is 8.78 Å². The zero-order chi connectivity index (χ0) is 14.7. The van der Waals surface area contributed by atoms with Crippen molar-refractivity contribution in [1.82, 2.24) is 5.43 Å². The van der Waals surface area contributed by atoms with Crippen LogP contribution in [-0.4, -0.2) is 0 Å². The second-order valence-corrected chi connectivity index (χ2v) is 5.08. The molecule has 2 aromatic carbocycles. The summed E-state index contributed by atoms with van der Waals surface area (Å²) in [4.78, 5) is 0. The normalized spacial score (nSPS) is 12.4. The molecule has 0 bridgehead atoms. The molecule has 0 aromatic heterocycles. The lowest BCUT2D eigenvalue weighted by Crippen LogP contribution is -2.30. The van der Waals surface area contributed by atoms with E-state index in [-0.39, 0.29) is 6.04 Å². The van der Waals surface area contributed by atoms with Gasteiger partial charge in [-0.1, -0.05) is 35.4 Å². The van der Waals surface area contributed by atoms with Gasteiger partial charge in [0.2, 0.25) is 0 Å². The Kier molecular flexibility index (Phi) is 4.47. The molecule has 0 amide bonds. The molecule has 0 spiro atoms. The minimum Gasteiger partial charge on any atom is -0.271 e. The van der Waals surface area contributed by atoms with Crippen molar-refractivity contribution in [3.63, 3.8) is 0 Å². The van der Waals surface area contributed by atoms with Crippen LogP contribution in [0.1, 0.15) is 28.3 Å². The van der Waals surface area contributed by atoms with Crippen molar-refractivity contribution in [3.8, 4) is 0 Å². The molecule has 0 saturated heterocycles. The first-order chi connectivity index (χ1) is 9.49. The number of nitrogens with one attached hydrogen (secondary N) is 1. The standard InChI is InChI=1S/C16H18F2N2/c1-10-5-11(2)7-13(6-10)16(20-19)8-12-3-4-14(17)9-15(12)18/h3-7,9,16,20H,8,19H2,1-2H3. The van der Waals surface area contributed by atoms with Crippen LogP contribution >= 0.6 is 0 Å². The van der Waals surface area contributed by atoms with Crippen molar-refractivity contribution >= 4 is 0 Å². The molecule has 106 valence electrons. The zero-order valence-corrected chi connectivity index (χ0v) is 11.6. The van der Waals surface area contributed by atoms with Gasteiger partial charge in [0.15, 0.2) is 0 Å². The van der Waals surface area contributed by atoms with Crippen molar-refractivity contribution in [2.24, 2.45) is 5.84 Å². The quantitative estimate of drug-likeness (QED) is 0.664. The van der Waals surface area contributed by atoms with E-state index in [4.69, 9.17) is 5.84 Å². The van der Waals surface area contributed by atoms with E-state index in [1.807, 2.05) is 26.0 Å². The van der Waals surface area contributed by atoms with Crippen LogP contribution in [0.5, 0.6) is 0 Å². The van der Waals surface area contributed by atoms with Gasteiger partial charge >= 0.3 is 0 Å². The van der Waals surface area contributed by atoms with E-state index in [0.29, 0.717) is 12.0 Å². The van der Waals surface area contributed by atoms with E-state index >= 15 is 0 Å². The third-order valence-electron chi connectivity index (χ3n) is 3.29. The second-order valence-electron chi connectivity index (χ2n) is 5.08. The van der Waals surface area contributed by atoms with E-state index in [2.05, 4.69) is 11.5 Å². The molecule has 0 aliphatic heterocycles. The first-order valence-electron chi connectivity index (χ1n) is 6.48. The molecule has 1 atom stereocenters. The van der Waals surface area contributed by atoms with Crippen molar-refractivity contribution in [2.75, 3.05) is 0 Å². The van der Waals surface area contributed by atoms with Crippen LogP contribution in [0.4, 0.5) is 8.78 Å². The number of aryl methyl sites for hydroxylation is 2. The first kappa shape index (κ1) is 14.6. The maximum Gasteiger partial charge on any atom is 0.129 e. The minimum atomic E-state index is -0.574. The molecule has 0 aliphatic carbocycles. The third-order valence-corrected chi connectivity index (χ3v) is 3.29. The fourth-order valence-corrected chi connectivity index (χ4v) is 2.39. The number of rotatable bonds is 4. The van der Waals surface area contributed by atoms with Gasteiger partial charge in [0.1, 0.15) is 11.6 Å². The molecule has 20 heavy (non-hydrogen) atoms. The van der Waals surface area contributed by atoms with E-state index in [1.54, 1.807) is 0 Å². The number of nitrogens with two attached hydrogens (primary N) is 1. The molecule has 0 saturated carbocycles. The highest BCUT2D eigenvalue weighted by molar-refractivity contribution is 5.32. The molecule has 3 N–H and O–H groups in total. The number of benzene rings is 2. The third kappa shape index (κ3) is 3.40. The highest BCUT2D eigenvalue weighted by Gasteiger charge is 2.14. The number of hydrogen-bond donors (Lipinski definition) is 2. The average molecular weight is 276 g/mol. The Morgan fingerprint density at radius 2 is 1.70 bits per heavy atom. The van der Waals surface area contributed by atoms with E-state index in [9.17, 15) is 8.78 Å². The molecule has 0 fully saturated rings. The Bertz CT molecular complexity index is 591. The van der Waals surface area contributed by atoms with Crippen LogP contribution in [0.2, 0.25) is 0 Å². The number of hydrogen-bond acceptors (Lipinski definition) is 2. The topological polar surface area (TPSA) is 38.0 Å². The predicted molar refractivity (Wildman–Crippen MR) is 76.0 cm³/mol. The smallest absolute Gasteiger partial charge is 0.129 e. The van der Waals surface area contributed by atoms with Gasteiger partial charge in [0.25, 0.3) is 0 Å². The molecule has 4 heteroatoms. The van der Waals surface area contributed by atoms with Gasteiger partial charge in [0.05, 0.1) is 6.04 Å². The zero-order valence-electron chi connectivity index (χ0n) is 11.6. The van der Waals surface area contributed by atoms with Gasteiger partial charge in [-0.05, 0) is 37.5 Å². The maximum absolute atomic E-state index is 13.7. The molecule has 2 aromatic rings. The Hall–Kier alpha value is -1.78. The van der Waals surface area contributed by atoms with E-state index < -0.39 is 11.6 Å². The summed E-state index contributed by atoms with van der Waals surface area (Å²) in [6.45, 7) is 4.01. The van der Waals surface area contributed by atoms with Crippen molar-refractivity contribution in [2.45, 2.75) is 26.3 Å². The van der Waals surface area contributed by atoms with Crippen LogP contribution in [0.15, 0.2) is 36.4 Å². The lowest BCUT2D eigenvalue weighted by atomic mass is 9.96. The largest absolute Gasteiger partial charge is 0.271 e. The van der Waals surface area contributed by atoms with Crippen LogP contribution < -0.4 is 11.3 Å². The lowest BCUT2D eigenvalue weighted by molar-refractivity contribution is 0.521. The van der Waals surface area contributed by atoms with Crippen molar-refractivity contribution in [3.05, 3.63) is 70.3 Å². The summed E-state index contributed by atoms with van der Waals surface area (Å²) in [5.41, 5.74) is 6.38. The molecular weight excluding hydrogens is 258 g/mol. The summed E-state index contributed by atoms with van der Waals surface area (Å²) in [6, 6.07) is 9.48. The highest BCUT2D eigenvalue weighted by Crippen LogP contribution is 2.22. The summed E-state index contributed by atoms with van der Waals surface area (Å²) < 4.78 is 26.6. The van der Waals surface area contributed by atoms with Gasteiger partial charge in [-0.3, -0.25) is 11.3 Å². The van der Waals surface area contributed by atoms with Gasteiger partial charge in [-0.15, -0.1) is 0 Å².